The summed E-state index contributed by atoms with van der Waals surface area (Å²) >= 11 is 3.12. The lowest BCUT2D eigenvalue weighted by Gasteiger charge is -2.20. The Hall–Kier alpha value is -1.08. The lowest BCUT2D eigenvalue weighted by Crippen LogP contribution is -2.42. The summed E-state index contributed by atoms with van der Waals surface area (Å²) in [5, 5.41) is 0. The fraction of sp³-hybridized carbons (Fsp3) is 0.400. The molecule has 1 heterocycles. The van der Waals surface area contributed by atoms with Gasteiger partial charge in [0.25, 0.3) is 0 Å². The number of hydrogen-bond donors (Lipinski definition) is 1. The molecule has 1 rings (SSSR count). The highest BCUT2D eigenvalue weighted by molar-refractivity contribution is 9.10. The summed E-state index contributed by atoms with van der Waals surface area (Å²) in [5.74, 6) is -5.44. The zero-order valence-electron chi connectivity index (χ0n) is 8.99. The van der Waals surface area contributed by atoms with Crippen LogP contribution in [0.4, 0.5) is 8.78 Å². The average molecular weight is 309 g/mol. The number of ether oxygens (including phenoxy) is 1. The van der Waals surface area contributed by atoms with Gasteiger partial charge < -0.3 is 10.5 Å². The molecule has 0 aliphatic heterocycles. The fourth-order valence-corrected chi connectivity index (χ4v) is 1.35. The monoisotopic (exact) mass is 308 g/mol. The first-order valence-corrected chi connectivity index (χ1v) is 5.61. The van der Waals surface area contributed by atoms with Crippen LogP contribution in [-0.2, 0) is 9.53 Å². The summed E-state index contributed by atoms with van der Waals surface area (Å²) < 4.78 is 32.0. The van der Waals surface area contributed by atoms with Gasteiger partial charge in [0.2, 0.25) is 0 Å². The zero-order chi connectivity index (χ0) is 13.1. The maximum absolute atomic E-state index is 13.5. The Morgan fingerprint density at radius 3 is 2.76 bits per heavy atom. The van der Waals surface area contributed by atoms with Gasteiger partial charge in [-0.25, -0.2) is 4.79 Å². The van der Waals surface area contributed by atoms with Crippen molar-refractivity contribution in [1.82, 2.24) is 4.98 Å². The fourth-order valence-electron chi connectivity index (χ4n) is 1.11. The highest BCUT2D eigenvalue weighted by Crippen LogP contribution is 2.29. The number of carbonyl (C=O) groups is 1. The Morgan fingerprint density at radius 2 is 2.29 bits per heavy atom. The summed E-state index contributed by atoms with van der Waals surface area (Å²) in [6, 6.07) is 1.01. The van der Waals surface area contributed by atoms with Gasteiger partial charge in [-0.3, -0.25) is 4.98 Å². The van der Waals surface area contributed by atoms with E-state index >= 15 is 0 Å². The van der Waals surface area contributed by atoms with Crippen LogP contribution >= 0.6 is 15.9 Å². The molecular weight excluding hydrogens is 298 g/mol. The van der Waals surface area contributed by atoms with Crippen molar-refractivity contribution in [2.45, 2.75) is 18.9 Å². The molecule has 0 saturated carbocycles. The topological polar surface area (TPSA) is 65.2 Å². The molecule has 1 atom stereocenters. The van der Waals surface area contributed by atoms with Crippen molar-refractivity contribution >= 4 is 21.9 Å². The molecule has 2 N–H and O–H groups in total. The van der Waals surface area contributed by atoms with Crippen LogP contribution in [0.5, 0.6) is 0 Å². The minimum atomic E-state index is -3.79. The Bertz CT molecular complexity index is 398. The second kappa shape index (κ2) is 5.50. The number of alkyl halides is 2. The van der Waals surface area contributed by atoms with Crippen LogP contribution in [-0.4, -0.2) is 23.5 Å². The number of carbonyl (C=O) groups excluding carboxylic acids is 1. The second-order valence-corrected chi connectivity index (χ2v) is 4.14. The van der Waals surface area contributed by atoms with Gasteiger partial charge in [0.15, 0.2) is 0 Å². The molecule has 0 aliphatic rings. The predicted molar refractivity (Wildman–Crippen MR) is 60.4 cm³/mol. The van der Waals surface area contributed by atoms with E-state index in [4.69, 9.17) is 5.73 Å². The van der Waals surface area contributed by atoms with E-state index in [0.29, 0.717) is 4.47 Å². The molecule has 0 amide bonds. The molecule has 0 unspecified atom stereocenters. The van der Waals surface area contributed by atoms with Crippen LogP contribution < -0.4 is 5.73 Å². The summed E-state index contributed by atoms with van der Waals surface area (Å²) in [5.41, 5.74) is 5.25. The molecule has 0 spiro atoms. The van der Waals surface area contributed by atoms with Gasteiger partial charge in [0.05, 0.1) is 12.3 Å². The van der Waals surface area contributed by atoms with Crippen LogP contribution in [0.1, 0.15) is 18.7 Å². The van der Waals surface area contributed by atoms with Crippen molar-refractivity contribution in [3.8, 4) is 0 Å². The third kappa shape index (κ3) is 3.19. The second-order valence-electron chi connectivity index (χ2n) is 3.22. The Balaban J connectivity index is 2.91. The van der Waals surface area contributed by atoms with E-state index in [-0.39, 0.29) is 12.3 Å². The molecule has 1 aromatic heterocycles. The van der Waals surface area contributed by atoms with Crippen molar-refractivity contribution in [3.05, 3.63) is 28.5 Å². The average Bonchev–Trinajstić information content (AvgIpc) is 2.29. The Kier molecular flexibility index (Phi) is 4.53. The van der Waals surface area contributed by atoms with Gasteiger partial charge in [-0.05, 0) is 35.0 Å². The van der Waals surface area contributed by atoms with E-state index < -0.39 is 17.9 Å². The number of pyridine rings is 1. The molecule has 94 valence electrons. The van der Waals surface area contributed by atoms with Gasteiger partial charge in [-0.1, -0.05) is 0 Å². The van der Waals surface area contributed by atoms with E-state index in [9.17, 15) is 13.6 Å². The first-order chi connectivity index (χ1) is 7.89. The van der Waals surface area contributed by atoms with Gasteiger partial charge in [-0.15, -0.1) is 0 Å². The number of nitrogens with zero attached hydrogens (tertiary/aromatic N) is 1. The Labute approximate surface area is 105 Å². The van der Waals surface area contributed by atoms with E-state index in [1.165, 1.54) is 25.3 Å². The molecule has 0 aromatic carbocycles. The standard InChI is InChI=1S/C10H11BrF2N2O2/c1-2-17-9(16)10(12,13)8(14)7-4-3-6(11)5-15-7/h3-5,8H,2,14H2,1H3/t8-/m0/s1. The summed E-state index contributed by atoms with van der Waals surface area (Å²) in [4.78, 5) is 14.8. The number of nitrogens with two attached hydrogens (primary N) is 1. The van der Waals surface area contributed by atoms with E-state index in [1.54, 1.807) is 0 Å². The highest BCUT2D eigenvalue weighted by Gasteiger charge is 2.48. The first kappa shape index (κ1) is 14.0. The lowest BCUT2D eigenvalue weighted by molar-refractivity contribution is -0.175. The normalized spacial score (nSPS) is 13.2. The number of aromatic nitrogens is 1. The number of esters is 1. The van der Waals surface area contributed by atoms with Crippen LogP contribution in [0.15, 0.2) is 22.8 Å². The van der Waals surface area contributed by atoms with Gasteiger partial charge >= 0.3 is 11.9 Å². The molecule has 0 aliphatic carbocycles. The Morgan fingerprint density at radius 1 is 1.65 bits per heavy atom. The maximum Gasteiger partial charge on any atom is 0.379 e. The molecule has 0 saturated heterocycles. The third-order valence-electron chi connectivity index (χ3n) is 2.01. The number of halogens is 3. The molecule has 7 heteroatoms. The van der Waals surface area contributed by atoms with Crippen molar-refractivity contribution in [3.63, 3.8) is 0 Å². The van der Waals surface area contributed by atoms with Crippen LogP contribution in [0.2, 0.25) is 0 Å². The SMILES string of the molecule is CCOC(=O)C(F)(F)[C@@H](N)c1ccc(Br)cn1. The van der Waals surface area contributed by atoms with E-state index in [1.807, 2.05) is 0 Å². The quantitative estimate of drug-likeness (QED) is 0.865. The minimum Gasteiger partial charge on any atom is -0.462 e. The molecule has 0 radical (unpaired) electrons. The summed E-state index contributed by atoms with van der Waals surface area (Å²) in [6.45, 7) is 1.31. The van der Waals surface area contributed by atoms with Crippen molar-refractivity contribution < 1.29 is 18.3 Å². The van der Waals surface area contributed by atoms with Crippen LogP contribution in [0, 0.1) is 0 Å². The number of hydrogen-bond acceptors (Lipinski definition) is 4. The van der Waals surface area contributed by atoms with E-state index in [2.05, 4.69) is 25.7 Å². The van der Waals surface area contributed by atoms with Gasteiger partial charge in [-0.2, -0.15) is 8.78 Å². The lowest BCUT2D eigenvalue weighted by atomic mass is 10.1. The number of rotatable bonds is 4. The van der Waals surface area contributed by atoms with Gasteiger partial charge in [0.1, 0.15) is 6.04 Å². The van der Waals surface area contributed by atoms with Crippen LogP contribution in [0.25, 0.3) is 0 Å². The zero-order valence-corrected chi connectivity index (χ0v) is 10.6. The minimum absolute atomic E-state index is 0.0775. The predicted octanol–water partition coefficient (Wildman–Crippen LogP) is 2.04. The molecular formula is C10H11BrF2N2O2. The van der Waals surface area contributed by atoms with Crippen molar-refractivity contribution in [2.75, 3.05) is 6.61 Å². The molecule has 1 aromatic rings. The summed E-state index contributed by atoms with van der Waals surface area (Å²) in [7, 11) is 0. The first-order valence-electron chi connectivity index (χ1n) is 4.81. The molecule has 0 bridgehead atoms. The smallest absolute Gasteiger partial charge is 0.379 e. The van der Waals surface area contributed by atoms with Crippen molar-refractivity contribution in [1.29, 1.82) is 0 Å². The van der Waals surface area contributed by atoms with Gasteiger partial charge in [0, 0.05) is 10.7 Å². The third-order valence-corrected chi connectivity index (χ3v) is 2.48. The molecule has 4 nitrogen and oxygen atoms in total. The highest BCUT2D eigenvalue weighted by atomic mass is 79.9. The van der Waals surface area contributed by atoms with Crippen molar-refractivity contribution in [2.24, 2.45) is 5.73 Å². The van der Waals surface area contributed by atoms with E-state index in [0.717, 1.165) is 0 Å². The largest absolute Gasteiger partial charge is 0.462 e. The molecule has 0 fully saturated rings. The molecule has 17 heavy (non-hydrogen) atoms. The van der Waals surface area contributed by atoms with Crippen LogP contribution in [0.3, 0.4) is 0 Å². The summed E-state index contributed by atoms with van der Waals surface area (Å²) in [6.07, 6.45) is 1.33. The maximum atomic E-state index is 13.5.